The summed E-state index contributed by atoms with van der Waals surface area (Å²) in [6.45, 7) is 2.74. The van der Waals surface area contributed by atoms with Crippen LogP contribution in [0.4, 0.5) is 0 Å². The van der Waals surface area contributed by atoms with Crippen LogP contribution in [-0.2, 0) is 10.2 Å². The maximum Gasteiger partial charge on any atom is 0.180 e. The van der Waals surface area contributed by atoms with Crippen molar-refractivity contribution >= 4 is 5.78 Å². The van der Waals surface area contributed by atoms with E-state index in [1.54, 1.807) is 6.07 Å². The van der Waals surface area contributed by atoms with Gasteiger partial charge in [0.05, 0.1) is 12.1 Å². The molecule has 25 heavy (non-hydrogen) atoms. The average Bonchev–Trinajstić information content (AvgIpc) is 3.13. The van der Waals surface area contributed by atoms with Crippen LogP contribution in [0, 0.1) is 5.92 Å². The number of likely N-dealkylation sites (tertiary alicyclic amines) is 1. The molecule has 2 aliphatic heterocycles. The van der Waals surface area contributed by atoms with Crippen LogP contribution in [0.25, 0.3) is 0 Å². The number of nitrogens with zero attached hydrogens (tertiary/aromatic N) is 1. The van der Waals surface area contributed by atoms with E-state index in [2.05, 4.69) is 4.90 Å². The van der Waals surface area contributed by atoms with E-state index in [9.17, 15) is 9.90 Å². The first-order chi connectivity index (χ1) is 12.2. The normalized spacial score (nSPS) is 37.6. The molecule has 0 amide bonds. The highest BCUT2D eigenvalue weighted by Gasteiger charge is 2.57. The van der Waals surface area contributed by atoms with Crippen LogP contribution in [0.3, 0.4) is 0 Å². The zero-order valence-electron chi connectivity index (χ0n) is 14.7. The van der Waals surface area contributed by atoms with Crippen molar-refractivity contribution in [3.63, 3.8) is 0 Å². The SMILES string of the molecule is O=C1c2ccc(O)cc2C23CCCCC2C1N(CC1CCCO1)CC3. The molecule has 2 bridgehead atoms. The minimum atomic E-state index is 0.00953. The zero-order valence-corrected chi connectivity index (χ0v) is 14.7. The molecule has 3 fully saturated rings. The molecule has 1 aromatic rings. The third-order valence-electron chi connectivity index (χ3n) is 7.25. The molecule has 1 aromatic carbocycles. The van der Waals surface area contributed by atoms with Gasteiger partial charge in [-0.25, -0.2) is 0 Å². The van der Waals surface area contributed by atoms with Crippen molar-refractivity contribution in [2.45, 2.75) is 62.5 Å². The van der Waals surface area contributed by atoms with Gasteiger partial charge in [-0.05, 0) is 68.3 Å². The number of phenolic OH excluding ortho intramolecular Hbond substituents is 1. The Morgan fingerprint density at radius 2 is 2.12 bits per heavy atom. The second kappa shape index (κ2) is 5.82. The molecule has 4 unspecified atom stereocenters. The number of carbonyl (C=O) groups is 1. The number of piperidine rings is 1. The van der Waals surface area contributed by atoms with Gasteiger partial charge in [-0.1, -0.05) is 12.8 Å². The van der Waals surface area contributed by atoms with Gasteiger partial charge in [-0.15, -0.1) is 0 Å². The maximum atomic E-state index is 13.4. The van der Waals surface area contributed by atoms with Crippen molar-refractivity contribution in [2.24, 2.45) is 5.92 Å². The summed E-state index contributed by atoms with van der Waals surface area (Å²) in [6.07, 6.45) is 8.41. The summed E-state index contributed by atoms with van der Waals surface area (Å²) in [5.41, 5.74) is 2.09. The number of rotatable bonds is 2. The Balaban J connectivity index is 1.57. The summed E-state index contributed by atoms with van der Waals surface area (Å²) in [7, 11) is 0. The fourth-order valence-corrected chi connectivity index (χ4v) is 6.16. The number of phenols is 1. The summed E-state index contributed by atoms with van der Waals surface area (Å²) in [5, 5.41) is 10.1. The lowest BCUT2D eigenvalue weighted by molar-refractivity contribution is -0.0238. The number of fused-ring (bicyclic) bond motifs is 1. The van der Waals surface area contributed by atoms with Gasteiger partial charge in [0.15, 0.2) is 5.78 Å². The summed E-state index contributed by atoms with van der Waals surface area (Å²) < 4.78 is 5.86. The molecule has 0 aromatic heterocycles. The highest BCUT2D eigenvalue weighted by atomic mass is 16.5. The minimum Gasteiger partial charge on any atom is -0.508 e. The van der Waals surface area contributed by atoms with Gasteiger partial charge >= 0.3 is 0 Å². The molecule has 134 valence electrons. The van der Waals surface area contributed by atoms with Crippen molar-refractivity contribution in [3.05, 3.63) is 29.3 Å². The van der Waals surface area contributed by atoms with E-state index in [-0.39, 0.29) is 17.2 Å². The fraction of sp³-hybridized carbons (Fsp3) is 0.667. The third-order valence-corrected chi connectivity index (χ3v) is 7.25. The summed E-state index contributed by atoms with van der Waals surface area (Å²) >= 11 is 0. The van der Waals surface area contributed by atoms with Crippen molar-refractivity contribution in [1.29, 1.82) is 0 Å². The Morgan fingerprint density at radius 1 is 1.20 bits per heavy atom. The van der Waals surface area contributed by atoms with Gasteiger partial charge in [0.2, 0.25) is 0 Å². The number of ether oxygens (including phenoxy) is 1. The first-order valence-electron chi connectivity index (χ1n) is 9.92. The van der Waals surface area contributed by atoms with E-state index in [4.69, 9.17) is 4.74 Å². The molecule has 4 atom stereocenters. The molecule has 4 heteroatoms. The Bertz CT molecular complexity index is 696. The van der Waals surface area contributed by atoms with Gasteiger partial charge in [-0.3, -0.25) is 9.69 Å². The Kier molecular flexibility index (Phi) is 3.68. The Hall–Kier alpha value is -1.39. The molecule has 2 aliphatic carbocycles. The van der Waals surface area contributed by atoms with E-state index >= 15 is 0 Å². The molecule has 4 aliphatic rings. The third kappa shape index (κ3) is 2.30. The molecule has 1 N–H and O–H groups in total. The van der Waals surface area contributed by atoms with Crippen molar-refractivity contribution in [2.75, 3.05) is 19.7 Å². The molecule has 0 radical (unpaired) electrons. The number of aromatic hydroxyl groups is 1. The predicted octanol–water partition coefficient (Wildman–Crippen LogP) is 3.27. The highest BCUT2D eigenvalue weighted by Crippen LogP contribution is 2.56. The molecular weight excluding hydrogens is 314 g/mol. The lowest BCUT2D eigenvalue weighted by Crippen LogP contribution is -2.64. The summed E-state index contributed by atoms with van der Waals surface area (Å²) in [5.74, 6) is 0.971. The van der Waals surface area contributed by atoms with E-state index in [1.807, 2.05) is 12.1 Å². The van der Waals surface area contributed by atoms with Crippen LogP contribution in [0.15, 0.2) is 18.2 Å². The molecule has 2 saturated heterocycles. The number of benzene rings is 1. The lowest BCUT2D eigenvalue weighted by atomic mass is 9.52. The number of Topliss-reactive ketones (excluding diaryl/α,β-unsaturated/α-hetero) is 1. The molecule has 5 rings (SSSR count). The van der Waals surface area contributed by atoms with Crippen LogP contribution in [-0.4, -0.2) is 47.6 Å². The predicted molar refractivity (Wildman–Crippen MR) is 95.0 cm³/mol. The highest BCUT2D eigenvalue weighted by molar-refractivity contribution is 6.04. The topological polar surface area (TPSA) is 49.8 Å². The molecule has 1 saturated carbocycles. The lowest BCUT2D eigenvalue weighted by Gasteiger charge is -2.58. The van der Waals surface area contributed by atoms with Gasteiger partial charge in [0, 0.05) is 24.1 Å². The van der Waals surface area contributed by atoms with Crippen molar-refractivity contribution in [3.8, 4) is 5.75 Å². The van der Waals surface area contributed by atoms with Gasteiger partial charge in [-0.2, -0.15) is 0 Å². The quantitative estimate of drug-likeness (QED) is 0.897. The zero-order chi connectivity index (χ0) is 17.0. The smallest absolute Gasteiger partial charge is 0.180 e. The van der Waals surface area contributed by atoms with Crippen LogP contribution in [0.5, 0.6) is 5.75 Å². The second-order valence-corrected chi connectivity index (χ2v) is 8.43. The number of hydrogen-bond donors (Lipinski definition) is 1. The second-order valence-electron chi connectivity index (χ2n) is 8.43. The van der Waals surface area contributed by atoms with Crippen molar-refractivity contribution in [1.82, 2.24) is 4.90 Å². The van der Waals surface area contributed by atoms with Gasteiger partial charge in [0.1, 0.15) is 5.75 Å². The first kappa shape index (κ1) is 15.8. The van der Waals surface area contributed by atoms with Crippen molar-refractivity contribution < 1.29 is 14.6 Å². The largest absolute Gasteiger partial charge is 0.508 e. The van der Waals surface area contributed by atoms with E-state index in [0.29, 0.717) is 17.8 Å². The number of carbonyl (C=O) groups excluding carboxylic acids is 1. The van der Waals surface area contributed by atoms with Crippen LogP contribution in [0.1, 0.15) is 60.9 Å². The van der Waals surface area contributed by atoms with E-state index < -0.39 is 0 Å². The van der Waals surface area contributed by atoms with E-state index in [1.165, 1.54) is 12.8 Å². The number of hydrogen-bond acceptors (Lipinski definition) is 4. The van der Waals surface area contributed by atoms with Crippen LogP contribution in [0.2, 0.25) is 0 Å². The standard InChI is InChI=1S/C21H27NO3/c23-14-6-7-16-18(12-14)21-8-2-1-5-17(21)19(20(16)24)22(10-9-21)13-15-4-3-11-25-15/h6-7,12,15,17,19,23H,1-5,8-11,13H2. The van der Waals surface area contributed by atoms with Crippen LogP contribution >= 0.6 is 0 Å². The molecule has 4 nitrogen and oxygen atoms in total. The Labute approximate surface area is 149 Å². The number of ketones is 1. The molecular formula is C21H27NO3. The average molecular weight is 341 g/mol. The van der Waals surface area contributed by atoms with E-state index in [0.717, 1.165) is 62.9 Å². The van der Waals surface area contributed by atoms with Crippen LogP contribution < -0.4 is 0 Å². The Morgan fingerprint density at radius 3 is 2.96 bits per heavy atom. The summed E-state index contributed by atoms with van der Waals surface area (Å²) in [6, 6.07) is 5.44. The first-order valence-corrected chi connectivity index (χ1v) is 9.92. The maximum absolute atomic E-state index is 13.4. The summed E-state index contributed by atoms with van der Waals surface area (Å²) in [4.78, 5) is 15.8. The molecule has 0 spiro atoms. The fourth-order valence-electron chi connectivity index (χ4n) is 6.16. The molecule has 2 heterocycles. The monoisotopic (exact) mass is 341 g/mol. The minimum absolute atomic E-state index is 0.00953. The van der Waals surface area contributed by atoms with Gasteiger partial charge in [0.25, 0.3) is 0 Å². The van der Waals surface area contributed by atoms with Gasteiger partial charge < -0.3 is 9.84 Å².